The molecule has 7 heteroatoms. The summed E-state index contributed by atoms with van der Waals surface area (Å²) in [6.07, 6.45) is -4.61. The van der Waals surface area contributed by atoms with Crippen LogP contribution in [0.1, 0.15) is 33.4 Å². The molecule has 56 heavy (non-hydrogen) atoms. The molecule has 9 rings (SSSR count). The maximum atomic E-state index is 14.0. The maximum Gasteiger partial charge on any atom is 0.415 e. The van der Waals surface area contributed by atoms with E-state index in [-0.39, 0.29) is 5.69 Å². The minimum Gasteiger partial charge on any atom is -0.309 e. The summed E-state index contributed by atoms with van der Waals surface area (Å²) in [5.41, 5.74) is 11.8. The molecule has 0 aliphatic heterocycles. The van der Waals surface area contributed by atoms with E-state index in [4.69, 9.17) is 6.57 Å². The van der Waals surface area contributed by atoms with Gasteiger partial charge in [-0.3, -0.25) is 0 Å². The Bertz CT molecular complexity index is 3080. The zero-order chi connectivity index (χ0) is 39.0. The standard InChI is InChI=1S/C49H33F3N4/c1-28-6-15-44-38(20-28)39-21-29(2)7-16-45(39)55(44)34-12-14-35(36-13-11-33(49(50,51)52)25-43(36)54-5)37(26-34)42-24-32(27-53)10-19-48(42)56-46-17-8-30(3)22-40(46)41-23-31(4)9-18-47(41)56/h6-26H,1-4H3. The molecule has 7 aromatic carbocycles. The van der Waals surface area contributed by atoms with Crippen LogP contribution in [-0.4, -0.2) is 9.13 Å². The average molecular weight is 735 g/mol. The van der Waals surface area contributed by atoms with Crippen LogP contribution in [0.4, 0.5) is 18.9 Å². The molecule has 4 nitrogen and oxygen atoms in total. The first-order chi connectivity index (χ1) is 26.9. The molecule has 9 aromatic rings. The Labute approximate surface area is 321 Å². The monoisotopic (exact) mass is 734 g/mol. The fourth-order valence-electron chi connectivity index (χ4n) is 8.21. The number of hydrogen-bond acceptors (Lipinski definition) is 1. The summed E-state index contributed by atoms with van der Waals surface area (Å²) < 4.78 is 46.3. The third-order valence-electron chi connectivity index (χ3n) is 10.8. The van der Waals surface area contributed by atoms with Crippen LogP contribution in [0.15, 0.2) is 127 Å². The molecule has 0 saturated carbocycles. The Kier molecular flexibility index (Phi) is 7.90. The highest BCUT2D eigenvalue weighted by Crippen LogP contribution is 2.46. The van der Waals surface area contributed by atoms with E-state index in [1.165, 1.54) is 6.07 Å². The second-order valence-electron chi connectivity index (χ2n) is 14.7. The van der Waals surface area contributed by atoms with E-state index in [2.05, 4.69) is 121 Å². The largest absolute Gasteiger partial charge is 0.415 e. The van der Waals surface area contributed by atoms with Gasteiger partial charge in [-0.05, 0) is 129 Å². The van der Waals surface area contributed by atoms with Crippen molar-refractivity contribution in [1.29, 1.82) is 5.26 Å². The van der Waals surface area contributed by atoms with Gasteiger partial charge in [0.1, 0.15) is 0 Å². The third kappa shape index (κ3) is 5.51. The van der Waals surface area contributed by atoms with Gasteiger partial charge in [0.25, 0.3) is 0 Å². The Morgan fingerprint density at radius 2 is 1.02 bits per heavy atom. The molecule has 0 fully saturated rings. The van der Waals surface area contributed by atoms with Crippen molar-refractivity contribution in [2.24, 2.45) is 0 Å². The number of fused-ring (bicyclic) bond motifs is 6. The maximum absolute atomic E-state index is 14.0. The van der Waals surface area contributed by atoms with Crippen LogP contribution in [0.2, 0.25) is 0 Å². The first kappa shape index (κ1) is 34.7. The quantitative estimate of drug-likeness (QED) is 0.166. The summed E-state index contributed by atoms with van der Waals surface area (Å²) in [5, 5.41) is 14.7. The van der Waals surface area contributed by atoms with Crippen LogP contribution < -0.4 is 0 Å². The first-order valence-corrected chi connectivity index (χ1v) is 18.2. The van der Waals surface area contributed by atoms with Crippen LogP contribution in [0, 0.1) is 45.6 Å². The van der Waals surface area contributed by atoms with Gasteiger partial charge in [0.05, 0.1) is 46.0 Å². The van der Waals surface area contributed by atoms with Gasteiger partial charge in [-0.25, -0.2) is 4.85 Å². The van der Waals surface area contributed by atoms with Gasteiger partial charge in [-0.2, -0.15) is 18.4 Å². The highest BCUT2D eigenvalue weighted by Gasteiger charge is 2.31. The van der Waals surface area contributed by atoms with Gasteiger partial charge in [0.15, 0.2) is 5.69 Å². The van der Waals surface area contributed by atoms with Crippen molar-refractivity contribution in [3.8, 4) is 39.7 Å². The van der Waals surface area contributed by atoms with Crippen LogP contribution in [0.5, 0.6) is 0 Å². The molecular formula is C49H33F3N4. The number of rotatable bonds is 4. The second-order valence-corrected chi connectivity index (χ2v) is 14.7. The zero-order valence-electron chi connectivity index (χ0n) is 31.0. The Balaban J connectivity index is 1.41. The number of hydrogen-bond donors (Lipinski definition) is 0. The number of alkyl halides is 3. The molecule has 0 aliphatic rings. The lowest BCUT2D eigenvalue weighted by Crippen LogP contribution is -2.04. The minimum atomic E-state index is -4.61. The van der Waals surface area contributed by atoms with Crippen LogP contribution in [0.3, 0.4) is 0 Å². The molecule has 2 heterocycles. The molecule has 0 N–H and O–H groups in total. The van der Waals surface area contributed by atoms with E-state index in [0.29, 0.717) is 27.8 Å². The van der Waals surface area contributed by atoms with E-state index in [1.807, 2.05) is 30.3 Å². The molecule has 0 aliphatic carbocycles. The molecule has 0 spiro atoms. The smallest absolute Gasteiger partial charge is 0.309 e. The van der Waals surface area contributed by atoms with E-state index in [1.54, 1.807) is 6.07 Å². The molecular weight excluding hydrogens is 702 g/mol. The van der Waals surface area contributed by atoms with Gasteiger partial charge in [0.2, 0.25) is 0 Å². The SMILES string of the molecule is [C-]#[N+]c1cc(C(F)(F)F)ccc1-c1ccc(-n2c3ccc(C)cc3c3cc(C)ccc32)cc1-c1cc(C#N)ccc1-n1c2ccc(C)cc2c2cc(C)ccc21. The number of benzene rings is 7. The zero-order valence-corrected chi connectivity index (χ0v) is 31.0. The normalized spacial score (nSPS) is 11.8. The lowest BCUT2D eigenvalue weighted by molar-refractivity contribution is -0.137. The van der Waals surface area contributed by atoms with E-state index < -0.39 is 11.7 Å². The number of halogens is 3. The fourth-order valence-corrected chi connectivity index (χ4v) is 8.21. The van der Waals surface area contributed by atoms with Gasteiger partial charge in [-0.1, -0.05) is 64.7 Å². The van der Waals surface area contributed by atoms with E-state index in [0.717, 1.165) is 89.4 Å². The molecule has 0 unspecified atom stereocenters. The van der Waals surface area contributed by atoms with E-state index in [9.17, 15) is 18.4 Å². The summed E-state index contributed by atoms with van der Waals surface area (Å²) in [6, 6.07) is 42.6. The Morgan fingerprint density at radius 1 is 0.518 bits per heavy atom. The molecule has 0 amide bonds. The second kappa shape index (κ2) is 12.8. The van der Waals surface area contributed by atoms with Crippen molar-refractivity contribution in [3.63, 3.8) is 0 Å². The number of aryl methyl sites for hydroxylation is 4. The highest BCUT2D eigenvalue weighted by atomic mass is 19.4. The first-order valence-electron chi connectivity index (χ1n) is 18.2. The van der Waals surface area contributed by atoms with Crippen molar-refractivity contribution in [1.82, 2.24) is 9.13 Å². The Morgan fingerprint density at radius 3 is 1.50 bits per heavy atom. The van der Waals surface area contributed by atoms with Crippen molar-refractivity contribution in [2.75, 3.05) is 0 Å². The molecule has 0 atom stereocenters. The average Bonchev–Trinajstić information content (AvgIpc) is 3.67. The van der Waals surface area contributed by atoms with Crippen LogP contribution >= 0.6 is 0 Å². The molecule has 0 bridgehead atoms. The van der Waals surface area contributed by atoms with Crippen LogP contribution in [0.25, 0.3) is 82.1 Å². The van der Waals surface area contributed by atoms with Gasteiger partial charge in [0, 0.05) is 38.4 Å². The summed E-state index contributed by atoms with van der Waals surface area (Å²) in [6.45, 7) is 16.3. The van der Waals surface area contributed by atoms with E-state index >= 15 is 0 Å². The molecule has 0 saturated heterocycles. The summed E-state index contributed by atoms with van der Waals surface area (Å²) in [4.78, 5) is 3.62. The van der Waals surface area contributed by atoms with Crippen molar-refractivity contribution < 1.29 is 13.2 Å². The third-order valence-corrected chi connectivity index (χ3v) is 10.8. The summed E-state index contributed by atoms with van der Waals surface area (Å²) >= 11 is 0. The summed E-state index contributed by atoms with van der Waals surface area (Å²) in [5.74, 6) is 0. The Hall–Kier alpha value is -7.09. The number of nitrogens with zero attached hydrogens (tertiary/aromatic N) is 4. The van der Waals surface area contributed by atoms with Gasteiger partial charge < -0.3 is 9.13 Å². The topological polar surface area (TPSA) is 38.0 Å². The summed E-state index contributed by atoms with van der Waals surface area (Å²) in [7, 11) is 0. The lowest BCUT2D eigenvalue weighted by atomic mass is 9.90. The van der Waals surface area contributed by atoms with Gasteiger partial charge >= 0.3 is 6.18 Å². The molecule has 270 valence electrons. The van der Waals surface area contributed by atoms with Crippen molar-refractivity contribution in [3.05, 3.63) is 172 Å². The van der Waals surface area contributed by atoms with Gasteiger partial charge in [-0.15, -0.1) is 0 Å². The lowest BCUT2D eigenvalue weighted by Gasteiger charge is -2.20. The highest BCUT2D eigenvalue weighted by molar-refractivity contribution is 6.11. The number of aromatic nitrogens is 2. The molecule has 0 radical (unpaired) electrons. The van der Waals surface area contributed by atoms with Crippen LogP contribution in [-0.2, 0) is 6.18 Å². The predicted molar refractivity (Wildman–Crippen MR) is 221 cm³/mol. The minimum absolute atomic E-state index is 0.113. The van der Waals surface area contributed by atoms with Crippen molar-refractivity contribution >= 4 is 49.3 Å². The fraction of sp³-hybridized carbons (Fsp3) is 0.102. The predicted octanol–water partition coefficient (Wildman–Crippen LogP) is 13.9. The number of nitriles is 1. The molecule has 2 aromatic heterocycles. The van der Waals surface area contributed by atoms with Crippen molar-refractivity contribution in [2.45, 2.75) is 33.9 Å².